The number of hydrogen-bond donors (Lipinski definition) is 2. The number of benzene rings is 1. The summed E-state index contributed by atoms with van der Waals surface area (Å²) in [5.41, 5.74) is -4.01. The van der Waals surface area contributed by atoms with Crippen LogP contribution in [0, 0.1) is 11.7 Å². The van der Waals surface area contributed by atoms with Crippen molar-refractivity contribution in [1.82, 2.24) is 5.32 Å². The maximum Gasteiger partial charge on any atom is 0.407 e. The molecule has 1 aromatic carbocycles. The molecular formula is C18H24F3NO3. The molecule has 140 valence electrons. The molecule has 0 spiro atoms. The lowest BCUT2D eigenvalue weighted by Gasteiger charge is -2.33. The van der Waals surface area contributed by atoms with E-state index in [1.165, 1.54) is 12.1 Å². The van der Waals surface area contributed by atoms with Crippen LogP contribution in [0.25, 0.3) is 0 Å². The molecule has 0 radical (unpaired) electrons. The van der Waals surface area contributed by atoms with E-state index in [9.17, 15) is 23.1 Å². The highest BCUT2D eigenvalue weighted by Crippen LogP contribution is 2.52. The minimum Gasteiger partial charge on any atom is -0.444 e. The maximum atomic E-state index is 14.7. The molecule has 1 aliphatic rings. The number of halogens is 3. The topological polar surface area (TPSA) is 58.6 Å². The molecule has 1 unspecified atom stereocenters. The summed E-state index contributed by atoms with van der Waals surface area (Å²) >= 11 is 0. The Kier molecular flexibility index (Phi) is 5.10. The SMILES string of the molecule is CC(C)(C)OC(=O)NCc1cccc(C(F)(F)C(C)(O)C2CC2)c1F. The zero-order valence-corrected chi connectivity index (χ0v) is 14.8. The Morgan fingerprint density at radius 3 is 2.40 bits per heavy atom. The normalized spacial score (nSPS) is 17.8. The van der Waals surface area contributed by atoms with Crippen molar-refractivity contribution in [1.29, 1.82) is 0 Å². The summed E-state index contributed by atoms with van der Waals surface area (Å²) in [6.07, 6.45) is 0.211. The van der Waals surface area contributed by atoms with Gasteiger partial charge in [0.2, 0.25) is 0 Å². The number of carbonyl (C=O) groups excluding carboxylic acids is 1. The summed E-state index contributed by atoms with van der Waals surface area (Å²) in [6.45, 7) is 5.77. The first kappa shape index (κ1) is 19.6. The van der Waals surface area contributed by atoms with Gasteiger partial charge in [0, 0.05) is 12.1 Å². The van der Waals surface area contributed by atoms with Gasteiger partial charge in [0.25, 0.3) is 0 Å². The van der Waals surface area contributed by atoms with Gasteiger partial charge >= 0.3 is 12.0 Å². The minimum absolute atomic E-state index is 0.102. The van der Waals surface area contributed by atoms with E-state index in [4.69, 9.17) is 4.74 Å². The van der Waals surface area contributed by atoms with E-state index in [1.54, 1.807) is 20.8 Å². The molecule has 1 saturated carbocycles. The number of ether oxygens (including phenoxy) is 1. The molecule has 2 rings (SSSR count). The van der Waals surface area contributed by atoms with E-state index in [0.29, 0.717) is 12.8 Å². The number of nitrogens with one attached hydrogen (secondary N) is 1. The number of alkyl halides is 2. The Bertz CT molecular complexity index is 649. The monoisotopic (exact) mass is 359 g/mol. The van der Waals surface area contributed by atoms with E-state index in [1.807, 2.05) is 0 Å². The molecule has 4 nitrogen and oxygen atoms in total. The van der Waals surface area contributed by atoms with Crippen LogP contribution in [0.4, 0.5) is 18.0 Å². The van der Waals surface area contributed by atoms with E-state index in [-0.39, 0.29) is 12.1 Å². The molecule has 1 aromatic rings. The third-order valence-electron chi connectivity index (χ3n) is 4.25. The molecule has 0 bridgehead atoms. The third-order valence-corrected chi connectivity index (χ3v) is 4.25. The summed E-state index contributed by atoms with van der Waals surface area (Å²) in [4.78, 5) is 11.6. The van der Waals surface area contributed by atoms with Gasteiger partial charge in [0.15, 0.2) is 0 Å². The lowest BCUT2D eigenvalue weighted by molar-refractivity contribution is -0.191. The van der Waals surface area contributed by atoms with E-state index in [0.717, 1.165) is 13.0 Å². The summed E-state index contributed by atoms with van der Waals surface area (Å²) < 4.78 is 49.0. The second-order valence-corrected chi connectivity index (χ2v) is 7.63. The third kappa shape index (κ3) is 4.26. The first-order valence-corrected chi connectivity index (χ1v) is 8.21. The van der Waals surface area contributed by atoms with E-state index in [2.05, 4.69) is 5.32 Å². The van der Waals surface area contributed by atoms with E-state index >= 15 is 0 Å². The molecule has 0 aliphatic heterocycles. The molecule has 25 heavy (non-hydrogen) atoms. The average molecular weight is 359 g/mol. The second kappa shape index (κ2) is 6.52. The van der Waals surface area contributed by atoms with Crippen molar-refractivity contribution < 1.29 is 27.8 Å². The highest BCUT2D eigenvalue weighted by atomic mass is 19.3. The number of aliphatic hydroxyl groups is 1. The Balaban J connectivity index is 2.18. The average Bonchev–Trinajstić information content (AvgIpc) is 3.28. The standard InChI is InChI=1S/C18H24F3NO3/c1-16(2,3)25-15(23)22-10-11-6-5-7-13(14(11)19)18(20,21)17(4,24)12-8-9-12/h5-7,12,24H,8-10H2,1-4H3,(H,22,23). The number of hydrogen-bond acceptors (Lipinski definition) is 3. The number of carbonyl (C=O) groups is 1. The summed E-state index contributed by atoms with van der Waals surface area (Å²) in [5, 5.41) is 12.5. The highest BCUT2D eigenvalue weighted by molar-refractivity contribution is 5.67. The van der Waals surface area contributed by atoms with Crippen LogP contribution in [-0.4, -0.2) is 22.4 Å². The first-order chi connectivity index (χ1) is 11.4. The van der Waals surface area contributed by atoms with Crippen LogP contribution in [0.2, 0.25) is 0 Å². The van der Waals surface area contributed by atoms with Crippen molar-refractivity contribution in [3.8, 4) is 0 Å². The molecule has 1 fully saturated rings. The van der Waals surface area contributed by atoms with Crippen molar-refractivity contribution in [3.05, 3.63) is 35.1 Å². The van der Waals surface area contributed by atoms with Crippen molar-refractivity contribution in [3.63, 3.8) is 0 Å². The van der Waals surface area contributed by atoms with Crippen LogP contribution < -0.4 is 5.32 Å². The molecule has 2 N–H and O–H groups in total. The zero-order chi connectivity index (χ0) is 19.0. The fourth-order valence-electron chi connectivity index (χ4n) is 2.61. The van der Waals surface area contributed by atoms with Gasteiger partial charge < -0.3 is 15.2 Å². The molecule has 0 heterocycles. The number of rotatable bonds is 5. The van der Waals surface area contributed by atoms with Crippen molar-refractivity contribution in [2.45, 2.75) is 64.2 Å². The lowest BCUT2D eigenvalue weighted by atomic mass is 9.86. The Morgan fingerprint density at radius 1 is 1.28 bits per heavy atom. The largest absolute Gasteiger partial charge is 0.444 e. The smallest absolute Gasteiger partial charge is 0.407 e. The van der Waals surface area contributed by atoms with Crippen molar-refractivity contribution in [2.24, 2.45) is 5.92 Å². The van der Waals surface area contributed by atoms with E-state index < -0.39 is 40.5 Å². The Morgan fingerprint density at radius 2 is 1.88 bits per heavy atom. The van der Waals surface area contributed by atoms with Gasteiger partial charge in [-0.25, -0.2) is 9.18 Å². The van der Waals surface area contributed by atoms with Crippen LogP contribution >= 0.6 is 0 Å². The molecule has 0 aromatic heterocycles. The van der Waals surface area contributed by atoms with Crippen molar-refractivity contribution in [2.75, 3.05) is 0 Å². The van der Waals surface area contributed by atoms with Gasteiger partial charge in [-0.05, 0) is 52.5 Å². The molecular weight excluding hydrogens is 335 g/mol. The molecule has 1 amide bonds. The van der Waals surface area contributed by atoms with Crippen LogP contribution in [0.5, 0.6) is 0 Å². The molecule has 0 saturated heterocycles. The first-order valence-electron chi connectivity index (χ1n) is 8.21. The van der Waals surface area contributed by atoms with Gasteiger partial charge in [0.1, 0.15) is 17.0 Å². The lowest BCUT2D eigenvalue weighted by Crippen LogP contribution is -2.46. The van der Waals surface area contributed by atoms with Gasteiger partial charge in [0.05, 0.1) is 5.56 Å². The predicted octanol–water partition coefficient (Wildman–Crippen LogP) is 4.10. The highest BCUT2D eigenvalue weighted by Gasteiger charge is 2.59. The van der Waals surface area contributed by atoms with Crippen LogP contribution in [-0.2, 0) is 17.2 Å². The minimum atomic E-state index is -3.74. The van der Waals surface area contributed by atoms with Gasteiger partial charge in [-0.2, -0.15) is 8.78 Å². The van der Waals surface area contributed by atoms with Gasteiger partial charge in [-0.15, -0.1) is 0 Å². The molecule has 1 aliphatic carbocycles. The van der Waals surface area contributed by atoms with Crippen molar-refractivity contribution >= 4 is 6.09 Å². The number of amides is 1. The van der Waals surface area contributed by atoms with Crippen LogP contribution in [0.3, 0.4) is 0 Å². The number of alkyl carbamates (subject to hydrolysis) is 1. The Hall–Kier alpha value is -1.76. The Labute approximate surface area is 145 Å². The van der Waals surface area contributed by atoms with Gasteiger partial charge in [-0.3, -0.25) is 0 Å². The summed E-state index contributed by atoms with van der Waals surface area (Å²) in [7, 11) is 0. The predicted molar refractivity (Wildman–Crippen MR) is 86.7 cm³/mol. The van der Waals surface area contributed by atoms with Gasteiger partial charge in [-0.1, -0.05) is 12.1 Å². The molecule has 1 atom stereocenters. The fourth-order valence-corrected chi connectivity index (χ4v) is 2.61. The van der Waals surface area contributed by atoms with Crippen LogP contribution in [0.15, 0.2) is 18.2 Å². The quantitative estimate of drug-likeness (QED) is 0.832. The molecule has 7 heteroatoms. The second-order valence-electron chi connectivity index (χ2n) is 7.63. The van der Waals surface area contributed by atoms with Crippen LogP contribution in [0.1, 0.15) is 51.7 Å². The zero-order valence-electron chi connectivity index (χ0n) is 14.8. The maximum absolute atomic E-state index is 14.7. The summed E-state index contributed by atoms with van der Waals surface area (Å²) in [6, 6.07) is 3.54. The fraction of sp³-hybridized carbons (Fsp3) is 0.611. The summed E-state index contributed by atoms with van der Waals surface area (Å²) in [5.74, 6) is -5.42.